The first-order valence-corrected chi connectivity index (χ1v) is 3.73. The molecular formula is C6H12N2O3. The molecule has 5 heteroatoms. The fourth-order valence-electron chi connectivity index (χ4n) is 1.32. The molecule has 0 aromatic rings. The minimum Gasteiger partial charge on any atom is -0.385 e. The molecule has 5 nitrogen and oxygen atoms in total. The number of nitrogens with zero attached hydrogens (tertiary/aromatic N) is 1. The lowest BCUT2D eigenvalue weighted by Crippen LogP contribution is -2.39. The third-order valence-corrected chi connectivity index (χ3v) is 1.90. The van der Waals surface area contributed by atoms with Gasteiger partial charge in [0.05, 0.1) is 0 Å². The van der Waals surface area contributed by atoms with Crippen LogP contribution in [-0.2, 0) is 0 Å². The summed E-state index contributed by atoms with van der Waals surface area (Å²) in [5.41, 5.74) is 0. The van der Waals surface area contributed by atoms with Gasteiger partial charge in [-0.2, -0.15) is 0 Å². The fourth-order valence-corrected chi connectivity index (χ4v) is 1.32. The molecule has 1 rings (SSSR count). The van der Waals surface area contributed by atoms with Crippen LogP contribution in [0.3, 0.4) is 0 Å². The Hall–Kier alpha value is -0.680. The standard InChI is InChI=1S/C6H12N2O3/c9-6(4-8(10)11)5-2-1-3-7-5/h5-7,9H,1-4H2. The number of aliphatic hydroxyl groups is 1. The lowest BCUT2D eigenvalue weighted by atomic mass is 10.1. The van der Waals surface area contributed by atoms with Crippen molar-refractivity contribution in [3.8, 4) is 0 Å². The highest BCUT2D eigenvalue weighted by atomic mass is 16.6. The number of hydrogen-bond acceptors (Lipinski definition) is 4. The molecule has 0 amide bonds. The van der Waals surface area contributed by atoms with Crippen LogP contribution in [0.2, 0.25) is 0 Å². The first kappa shape index (κ1) is 8.42. The molecular weight excluding hydrogens is 148 g/mol. The van der Waals surface area contributed by atoms with Crippen LogP contribution in [0.25, 0.3) is 0 Å². The molecule has 0 aromatic heterocycles. The van der Waals surface area contributed by atoms with Crippen molar-refractivity contribution in [3.63, 3.8) is 0 Å². The topological polar surface area (TPSA) is 75.4 Å². The van der Waals surface area contributed by atoms with Gasteiger partial charge in [0.1, 0.15) is 6.10 Å². The maximum Gasteiger partial charge on any atom is 0.230 e. The van der Waals surface area contributed by atoms with E-state index >= 15 is 0 Å². The second kappa shape index (κ2) is 3.64. The molecule has 0 aliphatic carbocycles. The van der Waals surface area contributed by atoms with Crippen LogP contribution in [-0.4, -0.2) is 35.3 Å². The quantitative estimate of drug-likeness (QED) is 0.426. The molecule has 1 saturated heterocycles. The average molecular weight is 160 g/mol. The smallest absolute Gasteiger partial charge is 0.230 e. The van der Waals surface area contributed by atoms with Gasteiger partial charge in [-0.1, -0.05) is 0 Å². The van der Waals surface area contributed by atoms with Crippen LogP contribution in [0.5, 0.6) is 0 Å². The van der Waals surface area contributed by atoms with Gasteiger partial charge in [-0.15, -0.1) is 0 Å². The average Bonchev–Trinajstić information content (AvgIpc) is 2.35. The third-order valence-electron chi connectivity index (χ3n) is 1.90. The number of rotatable bonds is 3. The third kappa shape index (κ3) is 2.44. The Morgan fingerprint density at radius 3 is 3.00 bits per heavy atom. The molecule has 0 bridgehead atoms. The van der Waals surface area contributed by atoms with Crippen molar-refractivity contribution in [3.05, 3.63) is 10.1 Å². The molecule has 1 aliphatic rings. The van der Waals surface area contributed by atoms with Crippen LogP contribution in [0.15, 0.2) is 0 Å². The SMILES string of the molecule is O=[N+]([O-])CC(O)C1CCCN1. The Balaban J connectivity index is 2.28. The highest BCUT2D eigenvalue weighted by molar-refractivity contribution is 4.80. The van der Waals surface area contributed by atoms with E-state index in [0.717, 1.165) is 19.4 Å². The maximum atomic E-state index is 9.98. The molecule has 1 heterocycles. The molecule has 2 atom stereocenters. The monoisotopic (exact) mass is 160 g/mol. The van der Waals surface area contributed by atoms with Gasteiger partial charge in [0.15, 0.2) is 0 Å². The number of nitrogens with one attached hydrogen (secondary N) is 1. The zero-order valence-corrected chi connectivity index (χ0v) is 6.19. The van der Waals surface area contributed by atoms with Gasteiger partial charge in [-0.3, -0.25) is 10.1 Å². The second-order valence-corrected chi connectivity index (χ2v) is 2.79. The summed E-state index contributed by atoms with van der Waals surface area (Å²) in [6.07, 6.45) is 1.02. The number of hydrogen-bond donors (Lipinski definition) is 2. The minimum absolute atomic E-state index is 0.0691. The summed E-state index contributed by atoms with van der Waals surface area (Å²) >= 11 is 0. The van der Waals surface area contributed by atoms with Gasteiger partial charge in [-0.05, 0) is 19.4 Å². The molecule has 0 saturated carbocycles. The van der Waals surface area contributed by atoms with Gasteiger partial charge >= 0.3 is 0 Å². The lowest BCUT2D eigenvalue weighted by molar-refractivity contribution is -0.491. The Bertz CT molecular complexity index is 145. The lowest BCUT2D eigenvalue weighted by Gasteiger charge is -2.13. The summed E-state index contributed by atoms with van der Waals surface area (Å²) in [5.74, 6) is 0. The van der Waals surface area contributed by atoms with Gasteiger partial charge in [-0.25, -0.2) is 0 Å². The van der Waals surface area contributed by atoms with E-state index in [1.807, 2.05) is 0 Å². The predicted octanol–water partition coefficient (Wildman–Crippen LogP) is -0.624. The van der Waals surface area contributed by atoms with Crippen molar-refractivity contribution in [2.45, 2.75) is 25.0 Å². The van der Waals surface area contributed by atoms with E-state index in [-0.39, 0.29) is 12.6 Å². The Morgan fingerprint density at radius 2 is 2.55 bits per heavy atom. The van der Waals surface area contributed by atoms with E-state index in [2.05, 4.69) is 5.32 Å². The van der Waals surface area contributed by atoms with Crippen LogP contribution in [0.1, 0.15) is 12.8 Å². The maximum absolute atomic E-state index is 9.98. The molecule has 2 unspecified atom stereocenters. The minimum atomic E-state index is -0.826. The van der Waals surface area contributed by atoms with E-state index in [0.29, 0.717) is 0 Å². The van der Waals surface area contributed by atoms with Crippen molar-refractivity contribution >= 4 is 0 Å². The molecule has 1 fully saturated rings. The molecule has 64 valence electrons. The van der Waals surface area contributed by atoms with Gasteiger partial charge in [0, 0.05) is 11.0 Å². The summed E-state index contributed by atoms with van der Waals surface area (Å²) in [7, 11) is 0. The summed E-state index contributed by atoms with van der Waals surface area (Å²) in [6.45, 7) is 0.511. The van der Waals surface area contributed by atoms with Gasteiger partial charge in [0.2, 0.25) is 6.54 Å². The highest BCUT2D eigenvalue weighted by Gasteiger charge is 2.25. The molecule has 0 spiro atoms. The number of aliphatic hydroxyl groups excluding tert-OH is 1. The van der Waals surface area contributed by atoms with Crippen LogP contribution in [0, 0.1) is 10.1 Å². The van der Waals surface area contributed by atoms with E-state index in [1.54, 1.807) is 0 Å². The first-order valence-electron chi connectivity index (χ1n) is 3.73. The Morgan fingerprint density at radius 1 is 1.82 bits per heavy atom. The predicted molar refractivity (Wildman–Crippen MR) is 38.9 cm³/mol. The summed E-state index contributed by atoms with van der Waals surface area (Å²) in [5, 5.41) is 22.2. The summed E-state index contributed by atoms with van der Waals surface area (Å²) in [4.78, 5) is 9.50. The van der Waals surface area contributed by atoms with Crippen LogP contribution >= 0.6 is 0 Å². The van der Waals surface area contributed by atoms with Gasteiger partial charge < -0.3 is 10.4 Å². The van der Waals surface area contributed by atoms with Crippen molar-refractivity contribution in [2.75, 3.05) is 13.1 Å². The first-order chi connectivity index (χ1) is 5.20. The van der Waals surface area contributed by atoms with Crippen LogP contribution < -0.4 is 5.32 Å². The van der Waals surface area contributed by atoms with Gasteiger partial charge in [0.25, 0.3) is 0 Å². The molecule has 0 radical (unpaired) electrons. The summed E-state index contributed by atoms with van der Waals surface area (Å²) in [6, 6.07) is -0.0691. The normalized spacial score (nSPS) is 26.8. The van der Waals surface area contributed by atoms with E-state index < -0.39 is 11.0 Å². The Kier molecular flexibility index (Phi) is 2.78. The zero-order chi connectivity index (χ0) is 8.27. The van der Waals surface area contributed by atoms with Crippen molar-refractivity contribution in [1.82, 2.24) is 5.32 Å². The molecule has 0 aromatic carbocycles. The van der Waals surface area contributed by atoms with E-state index in [4.69, 9.17) is 0 Å². The fraction of sp³-hybridized carbons (Fsp3) is 1.00. The van der Waals surface area contributed by atoms with Crippen molar-refractivity contribution in [2.24, 2.45) is 0 Å². The van der Waals surface area contributed by atoms with E-state index in [1.165, 1.54) is 0 Å². The Labute approximate surface area is 64.6 Å². The molecule has 2 N–H and O–H groups in total. The summed E-state index contributed by atoms with van der Waals surface area (Å²) < 4.78 is 0. The second-order valence-electron chi connectivity index (χ2n) is 2.79. The zero-order valence-electron chi connectivity index (χ0n) is 6.19. The van der Waals surface area contributed by atoms with Crippen LogP contribution in [0.4, 0.5) is 0 Å². The molecule has 1 aliphatic heterocycles. The van der Waals surface area contributed by atoms with Crippen molar-refractivity contribution < 1.29 is 10.0 Å². The molecule has 11 heavy (non-hydrogen) atoms. The highest BCUT2D eigenvalue weighted by Crippen LogP contribution is 2.08. The van der Waals surface area contributed by atoms with E-state index in [9.17, 15) is 15.2 Å². The largest absolute Gasteiger partial charge is 0.385 e. The number of nitro groups is 1. The van der Waals surface area contributed by atoms with Crippen molar-refractivity contribution in [1.29, 1.82) is 0 Å².